The van der Waals surface area contributed by atoms with Crippen LogP contribution in [0.15, 0.2) is 83.8 Å². The summed E-state index contributed by atoms with van der Waals surface area (Å²) in [6.07, 6.45) is 0. The molecule has 8 nitrogen and oxygen atoms in total. The number of anilines is 1. The first-order valence-electron chi connectivity index (χ1n) is 11.2. The first kappa shape index (κ1) is 22.8. The number of carbonyl (C=O) groups is 3. The Morgan fingerprint density at radius 2 is 1.57 bits per heavy atom. The fourth-order valence-corrected chi connectivity index (χ4v) is 5.70. The van der Waals surface area contributed by atoms with Crippen molar-refractivity contribution in [3.05, 3.63) is 84.4 Å². The molecule has 1 fully saturated rings. The number of carbonyl (C=O) groups excluding carboxylic acids is 3. The highest BCUT2D eigenvalue weighted by Crippen LogP contribution is 2.30. The molecule has 3 aromatic carbocycles. The van der Waals surface area contributed by atoms with Gasteiger partial charge in [0, 0.05) is 13.1 Å². The predicted octanol–water partition coefficient (Wildman–Crippen LogP) is 2.43. The summed E-state index contributed by atoms with van der Waals surface area (Å²) in [5.41, 5.74) is 2.60. The molecule has 2 heterocycles. The van der Waals surface area contributed by atoms with E-state index in [0.29, 0.717) is 11.3 Å². The predicted molar refractivity (Wildman–Crippen MR) is 130 cm³/mol. The van der Waals surface area contributed by atoms with E-state index in [1.165, 1.54) is 21.9 Å². The third kappa shape index (κ3) is 4.42. The van der Waals surface area contributed by atoms with Gasteiger partial charge in [0.05, 0.1) is 22.7 Å². The zero-order valence-corrected chi connectivity index (χ0v) is 19.6. The van der Waals surface area contributed by atoms with Crippen molar-refractivity contribution in [2.24, 2.45) is 0 Å². The molecule has 3 amide bonds. The Morgan fingerprint density at radius 1 is 0.886 bits per heavy atom. The van der Waals surface area contributed by atoms with Gasteiger partial charge in [-0.2, -0.15) is 0 Å². The Hall–Kier alpha value is -3.98. The number of hydrogen-bond donors (Lipinski definition) is 1. The van der Waals surface area contributed by atoms with E-state index in [1.54, 1.807) is 30.3 Å². The molecule has 1 atom stereocenters. The second-order valence-corrected chi connectivity index (χ2v) is 10.5. The van der Waals surface area contributed by atoms with E-state index < -0.39 is 33.4 Å². The zero-order valence-electron chi connectivity index (χ0n) is 18.8. The third-order valence-electron chi connectivity index (χ3n) is 6.33. The number of hydrogen-bond acceptors (Lipinski definition) is 5. The summed E-state index contributed by atoms with van der Waals surface area (Å²) in [4.78, 5) is 42.2. The van der Waals surface area contributed by atoms with Crippen LogP contribution in [0.3, 0.4) is 0 Å². The van der Waals surface area contributed by atoms with Crippen molar-refractivity contribution in [1.29, 1.82) is 0 Å². The lowest BCUT2D eigenvalue weighted by Crippen LogP contribution is -2.60. The quantitative estimate of drug-likeness (QED) is 0.606. The Labute approximate surface area is 203 Å². The number of sulfone groups is 1. The molecule has 0 aromatic heterocycles. The van der Waals surface area contributed by atoms with Crippen molar-refractivity contribution >= 4 is 33.2 Å². The standard InChI is InChI=1S/C26H23N3O5S/c30-24(17-35(33,34)20-9-5-2-6-10-20)28-13-14-29-23(16-28)25(31)27-22-12-11-19(15-21(22)26(29)32)18-7-3-1-4-8-18/h1-12,15,23H,13-14,16-17H2,(H,27,31)/t23-/m0/s1. The Bertz CT molecular complexity index is 1410. The maximum absolute atomic E-state index is 13.4. The summed E-state index contributed by atoms with van der Waals surface area (Å²) in [6, 6.07) is 21.8. The normalized spacial score (nSPS) is 17.8. The number of piperazine rings is 1. The van der Waals surface area contributed by atoms with Crippen LogP contribution in [-0.2, 0) is 19.4 Å². The molecular formula is C26H23N3O5S. The molecule has 0 unspecified atom stereocenters. The van der Waals surface area contributed by atoms with Crippen LogP contribution in [-0.4, -0.2) is 67.4 Å². The van der Waals surface area contributed by atoms with Gasteiger partial charge in [0.15, 0.2) is 9.84 Å². The van der Waals surface area contributed by atoms with E-state index in [9.17, 15) is 22.8 Å². The van der Waals surface area contributed by atoms with Crippen LogP contribution in [0.5, 0.6) is 0 Å². The van der Waals surface area contributed by atoms with E-state index in [2.05, 4.69) is 5.32 Å². The smallest absolute Gasteiger partial charge is 0.256 e. The molecule has 0 bridgehead atoms. The highest BCUT2D eigenvalue weighted by Gasteiger charge is 2.41. The van der Waals surface area contributed by atoms with Gasteiger partial charge in [0.1, 0.15) is 11.8 Å². The van der Waals surface area contributed by atoms with Gasteiger partial charge in [0.2, 0.25) is 11.8 Å². The Kier molecular flexibility index (Phi) is 5.86. The van der Waals surface area contributed by atoms with Gasteiger partial charge in [-0.05, 0) is 35.4 Å². The maximum atomic E-state index is 13.4. The van der Waals surface area contributed by atoms with Gasteiger partial charge < -0.3 is 15.1 Å². The molecule has 35 heavy (non-hydrogen) atoms. The van der Waals surface area contributed by atoms with Crippen LogP contribution < -0.4 is 5.32 Å². The number of rotatable bonds is 4. The van der Waals surface area contributed by atoms with Crippen LogP contribution in [0.2, 0.25) is 0 Å². The van der Waals surface area contributed by atoms with Crippen LogP contribution >= 0.6 is 0 Å². The molecule has 3 aromatic rings. The van der Waals surface area contributed by atoms with Crippen LogP contribution in [0.4, 0.5) is 5.69 Å². The summed E-state index contributed by atoms with van der Waals surface area (Å²) in [5, 5.41) is 2.81. The van der Waals surface area contributed by atoms with E-state index in [1.807, 2.05) is 36.4 Å². The minimum atomic E-state index is -3.82. The highest BCUT2D eigenvalue weighted by atomic mass is 32.2. The van der Waals surface area contributed by atoms with Crippen LogP contribution in [0.1, 0.15) is 10.4 Å². The summed E-state index contributed by atoms with van der Waals surface area (Å²) in [7, 11) is -3.82. The summed E-state index contributed by atoms with van der Waals surface area (Å²) >= 11 is 0. The summed E-state index contributed by atoms with van der Waals surface area (Å²) in [6.45, 7) is 0.204. The average molecular weight is 490 g/mol. The van der Waals surface area contributed by atoms with Crippen LogP contribution in [0, 0.1) is 0 Å². The molecule has 2 aliphatic heterocycles. The van der Waals surface area contributed by atoms with Crippen molar-refractivity contribution in [3.63, 3.8) is 0 Å². The number of fused-ring (bicyclic) bond motifs is 2. The second kappa shape index (κ2) is 8.99. The number of benzene rings is 3. The zero-order chi connectivity index (χ0) is 24.6. The lowest BCUT2D eigenvalue weighted by Gasteiger charge is -2.39. The number of amides is 3. The van der Waals surface area contributed by atoms with E-state index in [0.717, 1.165) is 11.1 Å². The van der Waals surface area contributed by atoms with Gasteiger partial charge in [-0.3, -0.25) is 14.4 Å². The van der Waals surface area contributed by atoms with Crippen molar-refractivity contribution in [2.75, 3.05) is 30.7 Å². The molecule has 0 spiro atoms. The largest absolute Gasteiger partial charge is 0.337 e. The molecule has 5 rings (SSSR count). The molecule has 2 aliphatic rings. The number of nitrogens with one attached hydrogen (secondary N) is 1. The molecule has 0 saturated carbocycles. The topological polar surface area (TPSA) is 104 Å². The van der Waals surface area contributed by atoms with Crippen molar-refractivity contribution in [2.45, 2.75) is 10.9 Å². The SMILES string of the molecule is O=C1Nc2ccc(-c3ccccc3)cc2C(=O)N2CCN(C(=O)CS(=O)(=O)c3ccccc3)C[C@@H]12. The molecule has 1 N–H and O–H groups in total. The minimum Gasteiger partial charge on any atom is -0.337 e. The molecule has 0 radical (unpaired) electrons. The summed E-state index contributed by atoms with van der Waals surface area (Å²) < 4.78 is 25.3. The lowest BCUT2D eigenvalue weighted by molar-refractivity contribution is -0.133. The van der Waals surface area contributed by atoms with Gasteiger partial charge in [0.25, 0.3) is 5.91 Å². The highest BCUT2D eigenvalue weighted by molar-refractivity contribution is 7.92. The Balaban J connectivity index is 1.36. The van der Waals surface area contributed by atoms with Gasteiger partial charge in [-0.1, -0.05) is 54.6 Å². The molecule has 9 heteroatoms. The second-order valence-electron chi connectivity index (χ2n) is 8.54. The molecule has 1 saturated heterocycles. The first-order chi connectivity index (χ1) is 16.8. The lowest BCUT2D eigenvalue weighted by atomic mass is 10.0. The molecule has 0 aliphatic carbocycles. The van der Waals surface area contributed by atoms with E-state index >= 15 is 0 Å². The van der Waals surface area contributed by atoms with Gasteiger partial charge in [-0.15, -0.1) is 0 Å². The monoisotopic (exact) mass is 489 g/mol. The van der Waals surface area contributed by atoms with E-state index in [4.69, 9.17) is 0 Å². The van der Waals surface area contributed by atoms with E-state index in [-0.39, 0.29) is 30.4 Å². The van der Waals surface area contributed by atoms with Crippen molar-refractivity contribution in [3.8, 4) is 11.1 Å². The minimum absolute atomic E-state index is 0.0686. The number of nitrogens with zero attached hydrogens (tertiary/aromatic N) is 2. The average Bonchev–Trinajstić information content (AvgIpc) is 2.98. The maximum Gasteiger partial charge on any atom is 0.256 e. The van der Waals surface area contributed by atoms with Gasteiger partial charge in [-0.25, -0.2) is 8.42 Å². The summed E-state index contributed by atoms with van der Waals surface area (Å²) in [5.74, 6) is -2.00. The van der Waals surface area contributed by atoms with Crippen molar-refractivity contribution < 1.29 is 22.8 Å². The molecular weight excluding hydrogens is 466 g/mol. The van der Waals surface area contributed by atoms with Crippen LogP contribution in [0.25, 0.3) is 11.1 Å². The van der Waals surface area contributed by atoms with Gasteiger partial charge >= 0.3 is 0 Å². The fraction of sp³-hybridized carbons (Fsp3) is 0.192. The Morgan fingerprint density at radius 3 is 2.29 bits per heavy atom. The van der Waals surface area contributed by atoms with Crippen molar-refractivity contribution in [1.82, 2.24) is 9.80 Å². The molecule has 178 valence electrons. The first-order valence-corrected chi connectivity index (χ1v) is 12.9. The third-order valence-corrected chi connectivity index (χ3v) is 7.94. The fourth-order valence-electron chi connectivity index (χ4n) is 4.45.